The third kappa shape index (κ3) is 5.66. The zero-order valence-electron chi connectivity index (χ0n) is 18.8. The van der Waals surface area contributed by atoms with Crippen LogP contribution in [0.2, 0.25) is 0 Å². The highest BCUT2D eigenvalue weighted by atomic mass is 32.2. The summed E-state index contributed by atoms with van der Waals surface area (Å²) < 4.78 is 28.0. The van der Waals surface area contributed by atoms with Crippen molar-refractivity contribution in [2.24, 2.45) is 5.92 Å². The van der Waals surface area contributed by atoms with Crippen LogP contribution in [0.5, 0.6) is 0 Å². The number of rotatable bonds is 7. The summed E-state index contributed by atoms with van der Waals surface area (Å²) in [5.41, 5.74) is 1.82. The Morgan fingerprint density at radius 2 is 1.85 bits per heavy atom. The fourth-order valence-electron chi connectivity index (χ4n) is 3.98. The van der Waals surface area contributed by atoms with E-state index in [1.807, 2.05) is 30.3 Å². The highest BCUT2D eigenvalue weighted by Gasteiger charge is 2.32. The van der Waals surface area contributed by atoms with Gasteiger partial charge in [-0.05, 0) is 55.0 Å². The average Bonchev–Trinajstić information content (AvgIpc) is 3.30. The number of hydrogen-bond donors (Lipinski definition) is 1. The molecule has 1 fully saturated rings. The fraction of sp³-hybridized carbons (Fsp3) is 0.375. The molecule has 174 valence electrons. The average molecular weight is 485 g/mol. The Hall–Kier alpha value is -2.62. The van der Waals surface area contributed by atoms with Crippen LogP contribution in [0.15, 0.2) is 59.5 Å². The molecule has 1 atom stereocenters. The molecule has 1 aliphatic heterocycles. The molecule has 0 unspecified atom stereocenters. The Labute approximate surface area is 198 Å². The van der Waals surface area contributed by atoms with Gasteiger partial charge in [0.1, 0.15) is 5.01 Å². The first-order valence-corrected chi connectivity index (χ1v) is 13.4. The van der Waals surface area contributed by atoms with Crippen LogP contribution in [-0.4, -0.2) is 41.9 Å². The van der Waals surface area contributed by atoms with E-state index in [0.717, 1.165) is 24.8 Å². The molecule has 9 heteroatoms. The van der Waals surface area contributed by atoms with E-state index in [4.69, 9.17) is 0 Å². The predicted molar refractivity (Wildman–Crippen MR) is 130 cm³/mol. The Bertz CT molecular complexity index is 1190. The minimum atomic E-state index is -3.59. The van der Waals surface area contributed by atoms with E-state index in [9.17, 15) is 13.2 Å². The Balaban J connectivity index is 1.44. The molecule has 2 heterocycles. The van der Waals surface area contributed by atoms with Crippen LogP contribution in [-0.2, 0) is 16.4 Å². The number of carbonyl (C=O) groups excluding carboxylic acids is 1. The van der Waals surface area contributed by atoms with Crippen LogP contribution < -0.4 is 5.32 Å². The molecule has 0 spiro atoms. The first kappa shape index (κ1) is 23.5. The lowest BCUT2D eigenvalue weighted by atomic mass is 10.0. The summed E-state index contributed by atoms with van der Waals surface area (Å²) >= 11 is 1.23. The van der Waals surface area contributed by atoms with Crippen LogP contribution in [0.3, 0.4) is 0 Å². The highest BCUT2D eigenvalue weighted by molar-refractivity contribution is 7.89. The van der Waals surface area contributed by atoms with Gasteiger partial charge in [0, 0.05) is 24.7 Å². The molecular weight excluding hydrogens is 456 g/mol. The molecule has 1 aromatic heterocycles. The van der Waals surface area contributed by atoms with Crippen molar-refractivity contribution in [2.45, 2.75) is 43.9 Å². The maximum absolute atomic E-state index is 13.2. The van der Waals surface area contributed by atoms with E-state index in [0.29, 0.717) is 34.6 Å². The van der Waals surface area contributed by atoms with Crippen molar-refractivity contribution in [1.82, 2.24) is 14.5 Å². The van der Waals surface area contributed by atoms with Gasteiger partial charge in [-0.1, -0.05) is 55.5 Å². The van der Waals surface area contributed by atoms with E-state index in [2.05, 4.69) is 29.4 Å². The van der Waals surface area contributed by atoms with Crippen molar-refractivity contribution in [3.05, 3.63) is 70.2 Å². The van der Waals surface area contributed by atoms with Crippen LogP contribution >= 0.6 is 11.3 Å². The Morgan fingerprint density at radius 1 is 1.12 bits per heavy atom. The minimum Gasteiger partial charge on any atom is -0.320 e. The standard InChI is InChI=1S/C24H28N4O3S2/c1-17(2)15-18-10-12-21(13-11-18)33(30,31)28-14-6-7-19(16-28)23-26-27-24(32-23)22(29)25-20-8-4-3-5-9-20/h3-5,8-13,17,19H,6-7,14-16H2,1-2H3,(H,25,29)/t19-/m1/s1. The molecule has 4 rings (SSSR count). The van der Waals surface area contributed by atoms with Crippen molar-refractivity contribution in [1.29, 1.82) is 0 Å². The lowest BCUT2D eigenvalue weighted by molar-refractivity contribution is 0.102. The summed E-state index contributed by atoms with van der Waals surface area (Å²) in [5, 5.41) is 12.0. The number of para-hydroxylation sites is 1. The van der Waals surface area contributed by atoms with Crippen LogP contribution in [0.25, 0.3) is 0 Å². The van der Waals surface area contributed by atoms with Gasteiger partial charge in [0.15, 0.2) is 0 Å². The summed E-state index contributed by atoms with van der Waals surface area (Å²) in [6.45, 7) is 5.10. The molecule has 3 aromatic rings. The topological polar surface area (TPSA) is 92.3 Å². The molecule has 7 nitrogen and oxygen atoms in total. The number of hydrogen-bond acceptors (Lipinski definition) is 6. The number of anilines is 1. The largest absolute Gasteiger partial charge is 0.320 e. The third-order valence-corrected chi connectivity index (χ3v) is 8.57. The monoisotopic (exact) mass is 484 g/mol. The Kier molecular flexibility index (Phi) is 7.21. The van der Waals surface area contributed by atoms with Crippen LogP contribution in [0.1, 0.15) is 53.0 Å². The van der Waals surface area contributed by atoms with E-state index in [1.54, 1.807) is 24.3 Å². The van der Waals surface area contributed by atoms with Gasteiger partial charge in [-0.25, -0.2) is 8.42 Å². The second-order valence-electron chi connectivity index (χ2n) is 8.71. The van der Waals surface area contributed by atoms with Crippen molar-refractivity contribution in [3.63, 3.8) is 0 Å². The Morgan fingerprint density at radius 3 is 2.55 bits per heavy atom. The molecule has 0 bridgehead atoms. The summed E-state index contributed by atoms with van der Waals surface area (Å²) in [4.78, 5) is 12.8. The number of sulfonamides is 1. The second kappa shape index (κ2) is 10.1. The molecule has 0 radical (unpaired) electrons. The molecule has 1 amide bonds. The van der Waals surface area contributed by atoms with Gasteiger partial charge in [0.05, 0.1) is 4.90 Å². The van der Waals surface area contributed by atoms with E-state index in [1.165, 1.54) is 15.6 Å². The lowest BCUT2D eigenvalue weighted by Crippen LogP contribution is -2.39. The molecule has 0 aliphatic carbocycles. The minimum absolute atomic E-state index is 0.0792. The number of amides is 1. The summed E-state index contributed by atoms with van der Waals surface area (Å²) in [6, 6.07) is 16.4. The maximum Gasteiger partial charge on any atom is 0.286 e. The van der Waals surface area contributed by atoms with Crippen molar-refractivity contribution in [2.75, 3.05) is 18.4 Å². The van der Waals surface area contributed by atoms with E-state index >= 15 is 0 Å². The van der Waals surface area contributed by atoms with Gasteiger partial charge < -0.3 is 5.32 Å². The maximum atomic E-state index is 13.2. The molecular formula is C24H28N4O3S2. The zero-order chi connectivity index (χ0) is 23.4. The van der Waals surface area contributed by atoms with Gasteiger partial charge >= 0.3 is 0 Å². The molecule has 1 aliphatic rings. The summed E-state index contributed by atoms with van der Waals surface area (Å²) in [6.07, 6.45) is 2.47. The van der Waals surface area contributed by atoms with Crippen molar-refractivity contribution < 1.29 is 13.2 Å². The predicted octanol–water partition coefficient (Wildman–Crippen LogP) is 4.56. The van der Waals surface area contributed by atoms with E-state index < -0.39 is 10.0 Å². The number of aromatic nitrogens is 2. The van der Waals surface area contributed by atoms with Gasteiger partial charge in [-0.3, -0.25) is 4.79 Å². The van der Waals surface area contributed by atoms with E-state index in [-0.39, 0.29) is 16.8 Å². The third-order valence-electron chi connectivity index (χ3n) is 5.60. The SMILES string of the molecule is CC(C)Cc1ccc(S(=O)(=O)N2CCC[C@@H](c3nnc(C(=O)Nc4ccccc4)s3)C2)cc1. The number of nitrogens with zero attached hydrogens (tertiary/aromatic N) is 3. The number of nitrogens with one attached hydrogen (secondary N) is 1. The first-order chi connectivity index (χ1) is 15.8. The molecule has 1 N–H and O–H groups in total. The smallest absolute Gasteiger partial charge is 0.286 e. The number of piperidine rings is 1. The van der Waals surface area contributed by atoms with Gasteiger partial charge in [-0.2, -0.15) is 4.31 Å². The highest BCUT2D eigenvalue weighted by Crippen LogP contribution is 2.32. The second-order valence-corrected chi connectivity index (χ2v) is 11.7. The van der Waals surface area contributed by atoms with Gasteiger partial charge in [-0.15, -0.1) is 10.2 Å². The molecule has 1 saturated heterocycles. The van der Waals surface area contributed by atoms with Gasteiger partial charge in [0.25, 0.3) is 5.91 Å². The summed E-state index contributed by atoms with van der Waals surface area (Å²) in [7, 11) is -3.59. The fourth-order valence-corrected chi connectivity index (χ4v) is 6.37. The lowest BCUT2D eigenvalue weighted by Gasteiger charge is -2.30. The summed E-state index contributed by atoms with van der Waals surface area (Å²) in [5.74, 6) is 0.123. The number of carbonyl (C=O) groups is 1. The normalized spacial score (nSPS) is 17.2. The van der Waals surface area contributed by atoms with Crippen molar-refractivity contribution >= 4 is 33.0 Å². The van der Waals surface area contributed by atoms with Crippen LogP contribution in [0.4, 0.5) is 5.69 Å². The van der Waals surface area contributed by atoms with Gasteiger partial charge in [0.2, 0.25) is 15.0 Å². The number of benzene rings is 2. The van der Waals surface area contributed by atoms with Crippen LogP contribution in [0, 0.1) is 5.92 Å². The zero-order valence-corrected chi connectivity index (χ0v) is 20.4. The quantitative estimate of drug-likeness (QED) is 0.531. The molecule has 2 aromatic carbocycles. The molecule has 0 saturated carbocycles. The van der Waals surface area contributed by atoms with Crippen molar-refractivity contribution in [3.8, 4) is 0 Å². The molecule has 33 heavy (non-hydrogen) atoms. The first-order valence-electron chi connectivity index (χ1n) is 11.1.